The third-order valence-corrected chi connectivity index (χ3v) is 8.66. The molecule has 0 bridgehead atoms. The summed E-state index contributed by atoms with van der Waals surface area (Å²) in [6, 6.07) is 34.6. The number of anilines is 1. The molecule has 0 unspecified atom stereocenters. The zero-order chi connectivity index (χ0) is 29.4. The van der Waals surface area contributed by atoms with E-state index in [1.165, 1.54) is 7.11 Å². The van der Waals surface area contributed by atoms with Crippen LogP contribution in [0.4, 0.5) is 5.69 Å². The van der Waals surface area contributed by atoms with Gasteiger partial charge in [-0.1, -0.05) is 108 Å². The molecule has 0 N–H and O–H groups in total. The number of pyridine rings is 1. The van der Waals surface area contributed by atoms with Gasteiger partial charge >= 0.3 is 0 Å². The summed E-state index contributed by atoms with van der Waals surface area (Å²) in [6.07, 6.45) is 5.08. The van der Waals surface area contributed by atoms with Crippen LogP contribution in [0, 0.1) is 0 Å². The molecule has 0 saturated carbocycles. The third-order valence-electron chi connectivity index (χ3n) is 6.83. The van der Waals surface area contributed by atoms with Crippen LogP contribution in [0.2, 0.25) is 5.15 Å². The van der Waals surface area contributed by atoms with Gasteiger partial charge in [-0.2, -0.15) is 5.10 Å². The highest BCUT2D eigenvalue weighted by Gasteiger charge is 2.38. The van der Waals surface area contributed by atoms with Gasteiger partial charge in [0.1, 0.15) is 12.8 Å². The Bertz CT molecular complexity index is 1530. The Hall–Kier alpha value is -4.40. The fraction of sp³-hybridized carbons (Fsp3) is 0.152. The highest BCUT2D eigenvalue weighted by atomic mass is 35.5. The molecule has 0 atom stereocenters. The second-order valence-electron chi connectivity index (χ2n) is 9.30. The Morgan fingerprint density at radius 3 is 1.98 bits per heavy atom. The van der Waals surface area contributed by atoms with Gasteiger partial charge in [-0.15, -0.1) is 11.8 Å². The first-order valence-electron chi connectivity index (χ1n) is 13.5. The lowest BCUT2D eigenvalue weighted by molar-refractivity contribution is -0.112. The number of oxime groups is 1. The molecule has 5 rings (SSSR count). The Morgan fingerprint density at radius 2 is 1.50 bits per heavy atom. The third kappa shape index (κ3) is 5.95. The van der Waals surface area contributed by atoms with E-state index >= 15 is 0 Å². The maximum absolute atomic E-state index is 14.1. The number of rotatable bonds is 11. The number of nitrogens with zero attached hydrogens (tertiary/aromatic N) is 5. The van der Waals surface area contributed by atoms with Crippen molar-refractivity contribution in [2.75, 3.05) is 24.3 Å². The van der Waals surface area contributed by atoms with E-state index in [0.29, 0.717) is 12.2 Å². The molecule has 7 nitrogen and oxygen atoms in total. The maximum atomic E-state index is 14.1. The number of hydrogen-bond acceptors (Lipinski definition) is 6. The van der Waals surface area contributed by atoms with Crippen molar-refractivity contribution in [3.8, 4) is 5.69 Å². The van der Waals surface area contributed by atoms with Gasteiger partial charge in [0.05, 0.1) is 22.8 Å². The Kier molecular flexibility index (Phi) is 9.36. The predicted octanol–water partition coefficient (Wildman–Crippen LogP) is 7.00. The van der Waals surface area contributed by atoms with Gasteiger partial charge in [0.15, 0.2) is 10.9 Å². The summed E-state index contributed by atoms with van der Waals surface area (Å²) in [5.41, 5.74) is 4.72. The van der Waals surface area contributed by atoms with Crippen molar-refractivity contribution in [2.45, 2.75) is 11.7 Å². The van der Waals surface area contributed by atoms with Crippen molar-refractivity contribution in [1.82, 2.24) is 14.8 Å². The summed E-state index contributed by atoms with van der Waals surface area (Å²) < 4.78 is 0.978. The van der Waals surface area contributed by atoms with Gasteiger partial charge < -0.3 is 9.74 Å². The molecule has 9 heteroatoms. The molecule has 212 valence electrons. The van der Waals surface area contributed by atoms with E-state index in [2.05, 4.69) is 51.6 Å². The van der Waals surface area contributed by atoms with Crippen LogP contribution < -0.4 is 4.90 Å². The fourth-order valence-corrected chi connectivity index (χ4v) is 6.58. The molecule has 0 radical (unpaired) electrons. The molecular weight excluding hydrogens is 566 g/mol. The van der Waals surface area contributed by atoms with Crippen LogP contribution in [0.25, 0.3) is 5.69 Å². The smallest absolute Gasteiger partial charge is 0.277 e. The minimum Gasteiger partial charge on any atom is -0.399 e. The van der Waals surface area contributed by atoms with E-state index in [1.54, 1.807) is 39.9 Å². The van der Waals surface area contributed by atoms with Crippen LogP contribution in [-0.4, -0.2) is 45.8 Å². The molecule has 2 aromatic heterocycles. The van der Waals surface area contributed by atoms with Crippen molar-refractivity contribution >= 4 is 40.7 Å². The summed E-state index contributed by atoms with van der Waals surface area (Å²) >= 11 is 8.18. The highest BCUT2D eigenvalue weighted by molar-refractivity contribution is 8.01. The quantitative estimate of drug-likeness (QED) is 0.0934. The minimum absolute atomic E-state index is 0.200. The molecule has 3 aromatic carbocycles. The van der Waals surface area contributed by atoms with Gasteiger partial charge in [0.25, 0.3) is 5.91 Å². The van der Waals surface area contributed by atoms with Crippen LogP contribution in [0.5, 0.6) is 0 Å². The average molecular weight is 596 g/mol. The van der Waals surface area contributed by atoms with Crippen LogP contribution >= 0.6 is 23.4 Å². The lowest BCUT2D eigenvalue weighted by Crippen LogP contribution is -2.39. The van der Waals surface area contributed by atoms with Gasteiger partial charge in [0, 0.05) is 18.5 Å². The second-order valence-corrected chi connectivity index (χ2v) is 10.8. The largest absolute Gasteiger partial charge is 0.399 e. The Labute approximate surface area is 254 Å². The molecule has 0 fully saturated rings. The second kappa shape index (κ2) is 13.5. The summed E-state index contributed by atoms with van der Waals surface area (Å²) in [7, 11) is 1.44. The normalized spacial score (nSPS) is 11.7. The molecule has 0 aliphatic heterocycles. The first kappa shape index (κ1) is 29.1. The van der Waals surface area contributed by atoms with Gasteiger partial charge in [-0.3, -0.25) is 9.78 Å². The highest BCUT2D eigenvalue weighted by Crippen LogP contribution is 2.48. The predicted molar refractivity (Wildman–Crippen MR) is 171 cm³/mol. The lowest BCUT2D eigenvalue weighted by atomic mass is 9.84. The van der Waals surface area contributed by atoms with Crippen molar-refractivity contribution in [3.05, 3.63) is 144 Å². The van der Waals surface area contributed by atoms with Gasteiger partial charge in [0.2, 0.25) is 0 Å². The molecule has 0 saturated heterocycles. The van der Waals surface area contributed by atoms with E-state index in [4.69, 9.17) is 16.4 Å². The first-order chi connectivity index (χ1) is 20.6. The molecule has 42 heavy (non-hydrogen) atoms. The summed E-state index contributed by atoms with van der Waals surface area (Å²) in [6.45, 7) is 2.24. The van der Waals surface area contributed by atoms with Crippen molar-refractivity contribution in [1.29, 1.82) is 0 Å². The summed E-state index contributed by atoms with van der Waals surface area (Å²) in [4.78, 5) is 25.0. The van der Waals surface area contributed by atoms with E-state index < -0.39 is 4.75 Å². The lowest BCUT2D eigenvalue weighted by Gasteiger charge is -2.35. The average Bonchev–Trinajstić information content (AvgIpc) is 3.44. The van der Waals surface area contributed by atoms with Gasteiger partial charge in [-0.25, -0.2) is 4.68 Å². The van der Waals surface area contributed by atoms with E-state index in [-0.39, 0.29) is 22.5 Å². The van der Waals surface area contributed by atoms with E-state index in [9.17, 15) is 4.79 Å². The summed E-state index contributed by atoms with van der Waals surface area (Å²) in [5.74, 6) is -0.0569. The van der Waals surface area contributed by atoms with E-state index in [0.717, 1.165) is 22.4 Å². The number of aromatic nitrogens is 3. The SMILES string of the molecule is CCN(C(=O)C(CSC(c1ccccc1)(c1ccccc1)c1ccccc1)=NOC)c1cn(-c2cccnc2)nc1Cl. The first-order valence-corrected chi connectivity index (χ1v) is 14.8. The Morgan fingerprint density at radius 1 is 0.929 bits per heavy atom. The molecule has 5 aromatic rings. The molecule has 1 amide bonds. The van der Waals surface area contributed by atoms with Crippen LogP contribution in [0.1, 0.15) is 23.6 Å². The van der Waals surface area contributed by atoms with Crippen LogP contribution in [0.3, 0.4) is 0 Å². The summed E-state index contributed by atoms with van der Waals surface area (Å²) in [5, 5.41) is 8.83. The number of carbonyl (C=O) groups is 1. The van der Waals surface area contributed by atoms with Crippen LogP contribution in [0.15, 0.2) is 127 Å². The fourth-order valence-electron chi connectivity index (χ4n) is 4.91. The standard InChI is InChI=1S/C33H30ClN5O2S/c1-3-38(30-23-39(36-31(30)34)28-20-13-21-35-22-28)32(40)29(37-41-2)24-42-33(25-14-7-4-8-15-25,26-16-9-5-10-17-26)27-18-11-6-12-19-27/h4-23H,3,24H2,1-2H3. The zero-order valence-electron chi connectivity index (χ0n) is 23.3. The van der Waals surface area contributed by atoms with Crippen molar-refractivity contribution < 1.29 is 9.63 Å². The molecular formula is C33H30ClN5O2S. The number of amides is 1. The zero-order valence-corrected chi connectivity index (χ0v) is 24.9. The number of carbonyl (C=O) groups excluding carboxylic acids is 1. The maximum Gasteiger partial charge on any atom is 0.277 e. The number of halogens is 1. The number of hydrogen-bond donors (Lipinski definition) is 0. The minimum atomic E-state index is -0.627. The van der Waals surface area contributed by atoms with Crippen molar-refractivity contribution in [2.24, 2.45) is 5.16 Å². The Balaban J connectivity index is 1.53. The van der Waals surface area contributed by atoms with Gasteiger partial charge in [-0.05, 0) is 35.7 Å². The molecule has 2 heterocycles. The number of benzene rings is 3. The van der Waals surface area contributed by atoms with Crippen LogP contribution in [-0.2, 0) is 14.4 Å². The molecule has 0 aliphatic rings. The molecule has 0 spiro atoms. The number of thioether (sulfide) groups is 1. The molecule has 0 aliphatic carbocycles. The van der Waals surface area contributed by atoms with E-state index in [1.807, 2.05) is 73.7 Å². The van der Waals surface area contributed by atoms with Crippen molar-refractivity contribution in [3.63, 3.8) is 0 Å². The monoisotopic (exact) mass is 595 g/mol. The topological polar surface area (TPSA) is 72.6 Å².